The van der Waals surface area contributed by atoms with Gasteiger partial charge in [-0.2, -0.15) is 0 Å². The minimum atomic E-state index is -0.669. The van der Waals surface area contributed by atoms with E-state index in [1.165, 1.54) is 31.4 Å². The molecule has 1 N–H and O–H groups in total. The molecule has 0 unspecified atom stereocenters. The zero-order valence-corrected chi connectivity index (χ0v) is 20.5. The molecule has 0 radical (unpaired) electrons. The molecule has 3 amide bonds. The molecule has 1 saturated heterocycles. The number of benzene rings is 2. The van der Waals surface area contributed by atoms with Crippen LogP contribution in [0.4, 0.5) is 9.18 Å². The molecule has 0 bridgehead atoms. The molecule has 0 atom stereocenters. The lowest BCUT2D eigenvalue weighted by Gasteiger charge is -2.12. The third kappa shape index (κ3) is 5.39. The molecule has 4 rings (SSSR count). The van der Waals surface area contributed by atoms with Gasteiger partial charge in [-0.05, 0) is 57.9 Å². The Morgan fingerprint density at radius 2 is 2.00 bits per heavy atom. The lowest BCUT2D eigenvalue weighted by Crippen LogP contribution is -2.30. The normalized spacial score (nSPS) is 14.4. The maximum absolute atomic E-state index is 13.8. The molecular formula is C24H17BrClFN2O6. The summed E-state index contributed by atoms with van der Waals surface area (Å²) in [5.41, 5.74) is 0.908. The summed E-state index contributed by atoms with van der Waals surface area (Å²) in [6, 6.07) is 11.7. The second-order valence-corrected chi connectivity index (χ2v) is 8.59. The van der Waals surface area contributed by atoms with Crippen LogP contribution >= 0.6 is 27.5 Å². The molecule has 2 heterocycles. The fraction of sp³-hybridized carbons (Fsp3) is 0.125. The monoisotopic (exact) mass is 562 g/mol. The van der Waals surface area contributed by atoms with E-state index in [4.69, 9.17) is 20.8 Å². The Balaban J connectivity index is 1.48. The van der Waals surface area contributed by atoms with Crippen LogP contribution in [-0.2, 0) is 22.7 Å². The number of imide groups is 1. The van der Waals surface area contributed by atoms with Crippen LogP contribution in [0.5, 0.6) is 5.75 Å². The number of nitrogens with one attached hydrogen (secondary N) is 1. The minimum absolute atomic E-state index is 0.0257. The predicted octanol–water partition coefficient (Wildman–Crippen LogP) is 5.29. The maximum atomic E-state index is 13.8. The summed E-state index contributed by atoms with van der Waals surface area (Å²) < 4.78 is 29.9. The molecule has 35 heavy (non-hydrogen) atoms. The summed E-state index contributed by atoms with van der Waals surface area (Å²) in [5.74, 6) is -1.15. The van der Waals surface area contributed by atoms with Crippen LogP contribution < -0.4 is 10.1 Å². The van der Waals surface area contributed by atoms with Crippen molar-refractivity contribution in [2.75, 3.05) is 7.11 Å². The molecule has 1 aliphatic rings. The standard InChI is InChI=1S/C24H17BrClFN2O6/c1-33-23(31)20-7-6-15(35-20)11-29-22(30)19(28-24(29)32)10-13-8-16(25)21(17(26)9-13)34-12-14-4-2-3-5-18(14)27/h2-10H,11-12H2,1H3,(H,28,32)/b19-10-. The van der Waals surface area contributed by atoms with E-state index in [0.717, 1.165) is 4.90 Å². The Labute approximate surface area is 212 Å². The van der Waals surface area contributed by atoms with Gasteiger partial charge in [0.1, 0.15) is 23.9 Å². The lowest BCUT2D eigenvalue weighted by molar-refractivity contribution is -0.123. The van der Waals surface area contributed by atoms with Crippen molar-refractivity contribution in [3.05, 3.63) is 92.2 Å². The van der Waals surface area contributed by atoms with Gasteiger partial charge in [-0.15, -0.1) is 0 Å². The third-order valence-electron chi connectivity index (χ3n) is 4.99. The highest BCUT2D eigenvalue weighted by Crippen LogP contribution is 2.36. The molecule has 1 fully saturated rings. The zero-order valence-electron chi connectivity index (χ0n) is 18.1. The molecular weight excluding hydrogens is 547 g/mol. The number of urea groups is 1. The summed E-state index contributed by atoms with van der Waals surface area (Å²) in [4.78, 5) is 37.6. The molecule has 11 heteroatoms. The average Bonchev–Trinajstić information content (AvgIpc) is 3.39. The van der Waals surface area contributed by atoms with Gasteiger partial charge >= 0.3 is 12.0 Å². The molecule has 0 saturated carbocycles. The topological polar surface area (TPSA) is 98.1 Å². The van der Waals surface area contributed by atoms with Gasteiger partial charge in [-0.1, -0.05) is 29.8 Å². The first-order valence-electron chi connectivity index (χ1n) is 10.1. The fourth-order valence-corrected chi connectivity index (χ4v) is 4.27. The van der Waals surface area contributed by atoms with Crippen LogP contribution in [0.2, 0.25) is 5.02 Å². The summed E-state index contributed by atoms with van der Waals surface area (Å²) >= 11 is 9.73. The Morgan fingerprint density at radius 1 is 1.23 bits per heavy atom. The van der Waals surface area contributed by atoms with E-state index in [9.17, 15) is 18.8 Å². The lowest BCUT2D eigenvalue weighted by atomic mass is 10.1. The molecule has 0 aliphatic carbocycles. The third-order valence-corrected chi connectivity index (χ3v) is 5.86. The number of ether oxygens (including phenoxy) is 2. The van der Waals surface area contributed by atoms with E-state index in [1.807, 2.05) is 0 Å². The smallest absolute Gasteiger partial charge is 0.373 e. The van der Waals surface area contributed by atoms with Gasteiger partial charge in [-0.25, -0.2) is 14.0 Å². The first-order chi connectivity index (χ1) is 16.8. The summed E-state index contributed by atoms with van der Waals surface area (Å²) in [6.07, 6.45) is 1.46. The van der Waals surface area contributed by atoms with Crippen LogP contribution in [0.3, 0.4) is 0 Å². The molecule has 1 aromatic heterocycles. The first-order valence-corrected chi connectivity index (χ1v) is 11.3. The number of carbonyl (C=O) groups is 3. The van der Waals surface area contributed by atoms with Gasteiger partial charge in [0.2, 0.25) is 5.76 Å². The largest absolute Gasteiger partial charge is 0.486 e. The zero-order chi connectivity index (χ0) is 25.1. The SMILES string of the molecule is COC(=O)c1ccc(CN2C(=O)N/C(=C\c3cc(Cl)c(OCc4ccccc4F)c(Br)c3)C2=O)o1. The van der Waals surface area contributed by atoms with Crippen molar-refractivity contribution in [2.45, 2.75) is 13.2 Å². The number of rotatable bonds is 7. The Bertz CT molecular complexity index is 1330. The Kier molecular flexibility index (Phi) is 7.23. The number of nitrogens with zero attached hydrogens (tertiary/aromatic N) is 1. The second kappa shape index (κ2) is 10.3. The number of hydrogen-bond acceptors (Lipinski definition) is 6. The Morgan fingerprint density at radius 3 is 2.71 bits per heavy atom. The summed E-state index contributed by atoms with van der Waals surface area (Å²) in [7, 11) is 1.21. The minimum Gasteiger partial charge on any atom is -0.486 e. The van der Waals surface area contributed by atoms with E-state index in [1.54, 1.807) is 30.3 Å². The average molecular weight is 564 g/mol. The first kappa shape index (κ1) is 24.5. The maximum Gasteiger partial charge on any atom is 0.373 e. The van der Waals surface area contributed by atoms with Crippen molar-refractivity contribution < 1.29 is 32.7 Å². The molecule has 1 aliphatic heterocycles. The van der Waals surface area contributed by atoms with Gasteiger partial charge in [0.25, 0.3) is 5.91 Å². The predicted molar refractivity (Wildman–Crippen MR) is 127 cm³/mol. The van der Waals surface area contributed by atoms with Gasteiger partial charge in [0.15, 0.2) is 5.75 Å². The number of halogens is 3. The molecule has 180 valence electrons. The van der Waals surface area contributed by atoms with Crippen LogP contribution in [0.25, 0.3) is 6.08 Å². The Hall–Kier alpha value is -3.63. The van der Waals surface area contributed by atoms with E-state index < -0.39 is 23.7 Å². The number of carbonyl (C=O) groups excluding carboxylic acids is 3. The van der Waals surface area contributed by atoms with E-state index in [0.29, 0.717) is 21.3 Å². The highest BCUT2D eigenvalue weighted by atomic mass is 79.9. The molecule has 3 aromatic rings. The molecule has 0 spiro atoms. The van der Waals surface area contributed by atoms with Crippen LogP contribution in [0, 0.1) is 5.82 Å². The van der Waals surface area contributed by atoms with E-state index in [2.05, 4.69) is 26.0 Å². The van der Waals surface area contributed by atoms with Crippen molar-refractivity contribution in [2.24, 2.45) is 0 Å². The van der Waals surface area contributed by atoms with E-state index in [-0.39, 0.29) is 35.4 Å². The van der Waals surface area contributed by atoms with Gasteiger partial charge in [0, 0.05) is 5.56 Å². The highest BCUT2D eigenvalue weighted by molar-refractivity contribution is 9.10. The van der Waals surface area contributed by atoms with E-state index >= 15 is 0 Å². The van der Waals surface area contributed by atoms with Gasteiger partial charge in [0.05, 0.1) is 23.1 Å². The van der Waals surface area contributed by atoms with Gasteiger partial charge < -0.3 is 19.2 Å². The fourth-order valence-electron chi connectivity index (χ4n) is 3.28. The number of amides is 3. The van der Waals surface area contributed by atoms with Crippen LogP contribution in [0.1, 0.15) is 27.4 Å². The number of methoxy groups -OCH3 is 1. The van der Waals surface area contributed by atoms with Crippen molar-refractivity contribution in [3.8, 4) is 5.75 Å². The molecule has 8 nitrogen and oxygen atoms in total. The van der Waals surface area contributed by atoms with Crippen LogP contribution in [-0.4, -0.2) is 29.9 Å². The number of hydrogen-bond donors (Lipinski definition) is 1. The second-order valence-electron chi connectivity index (χ2n) is 7.33. The van der Waals surface area contributed by atoms with Crippen molar-refractivity contribution in [3.63, 3.8) is 0 Å². The number of furan rings is 1. The summed E-state index contributed by atoms with van der Waals surface area (Å²) in [6.45, 7) is -0.203. The van der Waals surface area contributed by atoms with Crippen molar-refractivity contribution >= 4 is 51.5 Å². The van der Waals surface area contributed by atoms with Crippen LogP contribution in [0.15, 0.2) is 63.1 Å². The van der Waals surface area contributed by atoms with Crippen molar-refractivity contribution in [1.82, 2.24) is 10.2 Å². The highest BCUT2D eigenvalue weighted by Gasteiger charge is 2.34. The summed E-state index contributed by atoms with van der Waals surface area (Å²) in [5, 5.41) is 2.73. The number of esters is 1. The van der Waals surface area contributed by atoms with Crippen molar-refractivity contribution in [1.29, 1.82) is 0 Å². The quantitative estimate of drug-likeness (QED) is 0.238. The molecule has 2 aromatic carbocycles. The van der Waals surface area contributed by atoms with Gasteiger partial charge in [-0.3, -0.25) is 9.69 Å².